The van der Waals surface area contributed by atoms with Crippen molar-refractivity contribution in [2.75, 3.05) is 13.2 Å². The van der Waals surface area contributed by atoms with Gasteiger partial charge < -0.3 is 29.2 Å². The standard InChI is InChI=1S/C34H37NO7/c1-2-20-34(33(37)38,42-29-16-10-5-11-17-29)35-22-28(36)25-39-30-18-19-31(40-23-26-12-6-3-7-13-26)32(21-30)41-24-27-14-8-4-9-15-27/h3-19,21,28,35-36H,2,20,22-25H2,1H3,(H,37,38). The molecule has 8 heteroatoms. The Morgan fingerprint density at radius 3 is 1.90 bits per heavy atom. The van der Waals surface area contributed by atoms with E-state index >= 15 is 0 Å². The summed E-state index contributed by atoms with van der Waals surface area (Å²) in [4.78, 5) is 12.3. The molecule has 0 radical (unpaired) electrons. The van der Waals surface area contributed by atoms with Gasteiger partial charge in [-0.15, -0.1) is 0 Å². The first kappa shape index (κ1) is 30.4. The number of aliphatic hydroxyl groups is 1. The van der Waals surface area contributed by atoms with Crippen molar-refractivity contribution in [3.8, 4) is 23.0 Å². The topological polar surface area (TPSA) is 106 Å². The molecule has 4 aromatic rings. The molecule has 0 heterocycles. The largest absolute Gasteiger partial charge is 0.491 e. The number of carboxylic acid groups (broad SMARTS) is 1. The Bertz CT molecular complexity index is 1370. The Morgan fingerprint density at radius 1 is 0.762 bits per heavy atom. The van der Waals surface area contributed by atoms with Crippen LogP contribution in [0, 0.1) is 0 Å². The highest BCUT2D eigenvalue weighted by Crippen LogP contribution is 2.33. The number of aliphatic hydroxyl groups excluding tert-OH is 1. The van der Waals surface area contributed by atoms with Crippen molar-refractivity contribution in [1.29, 1.82) is 0 Å². The number of para-hydroxylation sites is 1. The second kappa shape index (κ2) is 15.5. The lowest BCUT2D eigenvalue weighted by atomic mass is 10.1. The first-order chi connectivity index (χ1) is 20.5. The van der Waals surface area contributed by atoms with E-state index in [2.05, 4.69) is 5.32 Å². The molecular weight excluding hydrogens is 534 g/mol. The maximum atomic E-state index is 12.3. The van der Waals surface area contributed by atoms with E-state index in [0.29, 0.717) is 42.6 Å². The van der Waals surface area contributed by atoms with E-state index < -0.39 is 17.8 Å². The lowest BCUT2D eigenvalue weighted by Crippen LogP contribution is -2.58. The van der Waals surface area contributed by atoms with Crippen molar-refractivity contribution in [3.63, 3.8) is 0 Å². The molecule has 0 aliphatic heterocycles. The molecule has 0 amide bonds. The average molecular weight is 572 g/mol. The zero-order valence-electron chi connectivity index (χ0n) is 23.6. The van der Waals surface area contributed by atoms with Gasteiger partial charge in [-0.1, -0.05) is 92.2 Å². The number of rotatable bonds is 17. The summed E-state index contributed by atoms with van der Waals surface area (Å²) in [5.74, 6) is 0.803. The summed E-state index contributed by atoms with van der Waals surface area (Å²) in [5.41, 5.74) is 0.345. The van der Waals surface area contributed by atoms with Crippen LogP contribution >= 0.6 is 0 Å². The molecule has 42 heavy (non-hydrogen) atoms. The van der Waals surface area contributed by atoms with Crippen LogP contribution in [0.3, 0.4) is 0 Å². The molecule has 0 fully saturated rings. The van der Waals surface area contributed by atoms with Gasteiger partial charge in [-0.05, 0) is 35.4 Å². The van der Waals surface area contributed by atoms with E-state index in [9.17, 15) is 15.0 Å². The van der Waals surface area contributed by atoms with Gasteiger partial charge in [-0.25, -0.2) is 4.79 Å². The van der Waals surface area contributed by atoms with Crippen LogP contribution in [0.15, 0.2) is 109 Å². The maximum Gasteiger partial charge on any atom is 0.363 e. The van der Waals surface area contributed by atoms with Crippen molar-refractivity contribution in [1.82, 2.24) is 5.32 Å². The van der Waals surface area contributed by atoms with Crippen LogP contribution in [0.2, 0.25) is 0 Å². The quantitative estimate of drug-likeness (QED) is 0.136. The molecule has 2 unspecified atom stereocenters. The van der Waals surface area contributed by atoms with Crippen molar-refractivity contribution in [2.45, 2.75) is 44.8 Å². The lowest BCUT2D eigenvalue weighted by Gasteiger charge is -2.32. The average Bonchev–Trinajstić information content (AvgIpc) is 3.02. The molecule has 0 bridgehead atoms. The van der Waals surface area contributed by atoms with Gasteiger partial charge >= 0.3 is 5.97 Å². The summed E-state index contributed by atoms with van der Waals surface area (Å²) in [7, 11) is 0. The van der Waals surface area contributed by atoms with Crippen LogP contribution in [0.5, 0.6) is 23.0 Å². The summed E-state index contributed by atoms with van der Waals surface area (Å²) >= 11 is 0. The number of nitrogens with one attached hydrogen (secondary N) is 1. The molecule has 0 saturated carbocycles. The molecule has 0 aliphatic carbocycles. The number of benzene rings is 4. The second-order valence-corrected chi connectivity index (χ2v) is 9.80. The van der Waals surface area contributed by atoms with E-state index in [1.54, 1.807) is 42.5 Å². The summed E-state index contributed by atoms with van der Waals surface area (Å²) in [5, 5.41) is 23.6. The summed E-state index contributed by atoms with van der Waals surface area (Å²) in [6.45, 7) is 2.45. The number of aliphatic carboxylic acids is 1. The van der Waals surface area contributed by atoms with Crippen molar-refractivity contribution >= 4 is 5.97 Å². The number of hydrogen-bond acceptors (Lipinski definition) is 7. The Morgan fingerprint density at radius 2 is 1.33 bits per heavy atom. The van der Waals surface area contributed by atoms with Gasteiger partial charge in [0.2, 0.25) is 0 Å². The third kappa shape index (κ3) is 8.99. The fourth-order valence-corrected chi connectivity index (χ4v) is 4.26. The molecule has 220 valence electrons. The maximum absolute atomic E-state index is 12.3. The second-order valence-electron chi connectivity index (χ2n) is 9.80. The fourth-order valence-electron chi connectivity index (χ4n) is 4.26. The number of carboxylic acids is 1. The molecule has 0 aliphatic rings. The van der Waals surface area contributed by atoms with E-state index in [0.717, 1.165) is 11.1 Å². The minimum atomic E-state index is -1.69. The van der Waals surface area contributed by atoms with E-state index in [-0.39, 0.29) is 19.6 Å². The Labute approximate surface area is 246 Å². The molecular formula is C34H37NO7. The third-order valence-electron chi connectivity index (χ3n) is 6.44. The van der Waals surface area contributed by atoms with Crippen LogP contribution in [0.1, 0.15) is 30.9 Å². The zero-order chi connectivity index (χ0) is 29.6. The van der Waals surface area contributed by atoms with E-state index in [4.69, 9.17) is 18.9 Å². The zero-order valence-corrected chi connectivity index (χ0v) is 23.6. The molecule has 4 rings (SSSR count). The van der Waals surface area contributed by atoms with E-state index in [1.165, 1.54) is 0 Å². The van der Waals surface area contributed by atoms with Crippen LogP contribution in [0.4, 0.5) is 0 Å². The smallest absolute Gasteiger partial charge is 0.363 e. The summed E-state index contributed by atoms with van der Waals surface area (Å²) in [6, 6.07) is 33.6. The van der Waals surface area contributed by atoms with Crippen molar-refractivity contribution in [2.24, 2.45) is 0 Å². The van der Waals surface area contributed by atoms with Gasteiger partial charge in [0.1, 0.15) is 37.4 Å². The van der Waals surface area contributed by atoms with Crippen LogP contribution < -0.4 is 24.3 Å². The molecule has 4 aromatic carbocycles. The van der Waals surface area contributed by atoms with Gasteiger partial charge in [0.15, 0.2) is 11.5 Å². The first-order valence-corrected chi connectivity index (χ1v) is 14.0. The predicted molar refractivity (Wildman–Crippen MR) is 160 cm³/mol. The summed E-state index contributed by atoms with van der Waals surface area (Å²) in [6.07, 6.45) is -0.247. The van der Waals surface area contributed by atoms with Crippen LogP contribution in [0.25, 0.3) is 0 Å². The van der Waals surface area contributed by atoms with Gasteiger partial charge in [0.25, 0.3) is 5.72 Å². The monoisotopic (exact) mass is 571 g/mol. The predicted octanol–water partition coefficient (Wildman–Crippen LogP) is 5.83. The first-order valence-electron chi connectivity index (χ1n) is 14.0. The third-order valence-corrected chi connectivity index (χ3v) is 6.44. The van der Waals surface area contributed by atoms with Crippen molar-refractivity contribution < 1.29 is 34.0 Å². The number of carbonyl (C=O) groups is 1. The van der Waals surface area contributed by atoms with Gasteiger partial charge in [-0.3, -0.25) is 5.32 Å². The lowest BCUT2D eigenvalue weighted by molar-refractivity contribution is -0.160. The molecule has 2 atom stereocenters. The minimum Gasteiger partial charge on any atom is -0.491 e. The van der Waals surface area contributed by atoms with E-state index in [1.807, 2.05) is 73.7 Å². The Balaban J connectivity index is 1.40. The number of hydrogen-bond donors (Lipinski definition) is 3. The Kier molecular flexibility index (Phi) is 11.2. The summed E-state index contributed by atoms with van der Waals surface area (Å²) < 4.78 is 23.9. The van der Waals surface area contributed by atoms with Crippen LogP contribution in [-0.4, -0.2) is 41.2 Å². The molecule has 0 aromatic heterocycles. The Hall–Kier alpha value is -4.53. The highest BCUT2D eigenvalue weighted by atomic mass is 16.5. The number of ether oxygens (including phenoxy) is 4. The van der Waals surface area contributed by atoms with Crippen molar-refractivity contribution in [3.05, 3.63) is 120 Å². The fraction of sp³-hybridized carbons (Fsp3) is 0.265. The van der Waals surface area contributed by atoms with Crippen LogP contribution in [-0.2, 0) is 18.0 Å². The highest BCUT2D eigenvalue weighted by Gasteiger charge is 2.40. The van der Waals surface area contributed by atoms with Gasteiger partial charge in [0.05, 0.1) is 0 Å². The minimum absolute atomic E-state index is 0.0607. The van der Waals surface area contributed by atoms with Gasteiger partial charge in [0, 0.05) is 19.0 Å². The molecule has 0 spiro atoms. The SMILES string of the molecule is CCCC(NCC(O)COc1ccc(OCc2ccccc2)c(OCc2ccccc2)c1)(Oc1ccccc1)C(=O)O. The molecule has 3 N–H and O–H groups in total. The van der Waals surface area contributed by atoms with Gasteiger partial charge in [-0.2, -0.15) is 0 Å². The molecule has 0 saturated heterocycles. The normalized spacial score (nSPS) is 13.0. The highest BCUT2D eigenvalue weighted by molar-refractivity contribution is 5.77. The molecule has 8 nitrogen and oxygen atoms in total.